The van der Waals surface area contributed by atoms with E-state index in [0.29, 0.717) is 54.8 Å². The van der Waals surface area contributed by atoms with Crippen molar-refractivity contribution in [1.82, 2.24) is 15.2 Å². The third-order valence-electron chi connectivity index (χ3n) is 3.55. The maximum absolute atomic E-state index is 12.8. The molecule has 1 amide bonds. The average molecular weight is 333 g/mol. The first kappa shape index (κ1) is 17.8. The standard InChI is InChI=1S/C17H23N3O4/c1-5-20(11-14-12(4)18-24-19-14)17(21)13-8-9-15(22-6-2)16(10-13)23-7-3/h8-10H,5-7,11H2,1-4H3. The lowest BCUT2D eigenvalue weighted by Gasteiger charge is -2.20. The zero-order chi connectivity index (χ0) is 17.5. The number of rotatable bonds is 8. The van der Waals surface area contributed by atoms with Gasteiger partial charge in [0.15, 0.2) is 11.5 Å². The molecular weight excluding hydrogens is 310 g/mol. The minimum atomic E-state index is -0.107. The number of aryl methyl sites for hydroxylation is 1. The summed E-state index contributed by atoms with van der Waals surface area (Å²) >= 11 is 0. The molecule has 0 aliphatic rings. The largest absolute Gasteiger partial charge is 0.490 e. The minimum absolute atomic E-state index is 0.107. The molecule has 7 heteroatoms. The molecular formula is C17H23N3O4. The Balaban J connectivity index is 2.23. The van der Waals surface area contributed by atoms with Crippen molar-refractivity contribution in [3.05, 3.63) is 35.2 Å². The van der Waals surface area contributed by atoms with Gasteiger partial charge in [-0.1, -0.05) is 10.3 Å². The third kappa shape index (κ3) is 4.04. The van der Waals surface area contributed by atoms with E-state index in [2.05, 4.69) is 10.3 Å². The van der Waals surface area contributed by atoms with Crippen molar-refractivity contribution >= 4 is 5.91 Å². The number of ether oxygens (including phenoxy) is 2. The van der Waals surface area contributed by atoms with Gasteiger partial charge >= 0.3 is 0 Å². The molecule has 0 saturated carbocycles. The van der Waals surface area contributed by atoms with Crippen LogP contribution in [0.2, 0.25) is 0 Å². The van der Waals surface area contributed by atoms with Crippen molar-refractivity contribution in [3.8, 4) is 11.5 Å². The maximum Gasteiger partial charge on any atom is 0.254 e. The Morgan fingerprint density at radius 1 is 1.12 bits per heavy atom. The van der Waals surface area contributed by atoms with Crippen LogP contribution in [0.4, 0.5) is 0 Å². The molecule has 0 atom stereocenters. The second-order valence-corrected chi connectivity index (χ2v) is 5.14. The fourth-order valence-corrected chi connectivity index (χ4v) is 2.27. The van der Waals surface area contributed by atoms with Gasteiger partial charge in [0.25, 0.3) is 5.91 Å². The predicted octanol–water partition coefficient (Wildman–Crippen LogP) is 2.84. The second-order valence-electron chi connectivity index (χ2n) is 5.14. The van der Waals surface area contributed by atoms with Crippen LogP contribution in [0.1, 0.15) is 42.5 Å². The van der Waals surface area contributed by atoms with Crippen LogP contribution in [0.25, 0.3) is 0 Å². The van der Waals surface area contributed by atoms with E-state index in [0.717, 1.165) is 0 Å². The van der Waals surface area contributed by atoms with E-state index in [4.69, 9.17) is 14.1 Å². The summed E-state index contributed by atoms with van der Waals surface area (Å²) in [5.41, 5.74) is 1.88. The molecule has 1 aromatic heterocycles. The van der Waals surface area contributed by atoms with Crippen LogP contribution in [-0.4, -0.2) is 40.9 Å². The average Bonchev–Trinajstić information content (AvgIpc) is 2.99. The predicted molar refractivity (Wildman–Crippen MR) is 88.2 cm³/mol. The first-order valence-corrected chi connectivity index (χ1v) is 8.07. The molecule has 1 aromatic carbocycles. The molecule has 0 radical (unpaired) electrons. The highest BCUT2D eigenvalue weighted by molar-refractivity contribution is 5.94. The topological polar surface area (TPSA) is 77.7 Å². The Bertz CT molecular complexity index is 684. The highest BCUT2D eigenvalue weighted by Crippen LogP contribution is 2.29. The summed E-state index contributed by atoms with van der Waals surface area (Å²) in [6, 6.07) is 5.22. The van der Waals surface area contributed by atoms with Gasteiger partial charge < -0.3 is 14.4 Å². The van der Waals surface area contributed by atoms with Crippen LogP contribution >= 0.6 is 0 Å². The Morgan fingerprint density at radius 2 is 1.83 bits per heavy atom. The summed E-state index contributed by atoms with van der Waals surface area (Å²) in [4.78, 5) is 14.5. The normalized spacial score (nSPS) is 10.5. The van der Waals surface area contributed by atoms with Gasteiger partial charge in [0.2, 0.25) is 0 Å². The molecule has 1 heterocycles. The van der Waals surface area contributed by atoms with E-state index in [1.807, 2.05) is 20.8 Å². The summed E-state index contributed by atoms with van der Waals surface area (Å²) in [6.45, 7) is 9.44. The van der Waals surface area contributed by atoms with E-state index < -0.39 is 0 Å². The number of benzene rings is 1. The smallest absolute Gasteiger partial charge is 0.254 e. The number of carbonyl (C=O) groups excluding carboxylic acids is 1. The summed E-state index contributed by atoms with van der Waals surface area (Å²) in [7, 11) is 0. The SMILES string of the molecule is CCOc1ccc(C(=O)N(CC)Cc2nonc2C)cc1OCC. The first-order valence-electron chi connectivity index (χ1n) is 8.07. The van der Waals surface area contributed by atoms with Crippen LogP contribution in [0.15, 0.2) is 22.8 Å². The van der Waals surface area contributed by atoms with Gasteiger partial charge in [0.1, 0.15) is 11.4 Å². The lowest BCUT2D eigenvalue weighted by Crippen LogP contribution is -2.30. The number of nitrogens with zero attached hydrogens (tertiary/aromatic N) is 3. The fraction of sp³-hybridized carbons (Fsp3) is 0.471. The Hall–Kier alpha value is -2.57. The monoisotopic (exact) mass is 333 g/mol. The zero-order valence-corrected chi connectivity index (χ0v) is 14.5. The number of aromatic nitrogens is 2. The van der Waals surface area contributed by atoms with E-state index in [1.165, 1.54) is 0 Å². The molecule has 0 spiro atoms. The molecule has 0 aliphatic carbocycles. The third-order valence-corrected chi connectivity index (χ3v) is 3.55. The lowest BCUT2D eigenvalue weighted by atomic mass is 10.1. The van der Waals surface area contributed by atoms with Crippen LogP contribution in [0.3, 0.4) is 0 Å². The second kappa shape index (κ2) is 8.33. The molecule has 0 N–H and O–H groups in total. The van der Waals surface area contributed by atoms with Gasteiger partial charge in [-0.15, -0.1) is 0 Å². The number of hydrogen-bond donors (Lipinski definition) is 0. The summed E-state index contributed by atoms with van der Waals surface area (Å²) < 4.78 is 15.8. The van der Waals surface area contributed by atoms with Crippen LogP contribution < -0.4 is 9.47 Å². The quantitative estimate of drug-likeness (QED) is 0.739. The molecule has 2 aromatic rings. The Kier molecular flexibility index (Phi) is 6.17. The molecule has 7 nitrogen and oxygen atoms in total. The van der Waals surface area contributed by atoms with Gasteiger partial charge in [-0.3, -0.25) is 4.79 Å². The van der Waals surface area contributed by atoms with Crippen LogP contribution in [-0.2, 0) is 6.54 Å². The molecule has 0 unspecified atom stereocenters. The van der Waals surface area contributed by atoms with Crippen LogP contribution in [0.5, 0.6) is 11.5 Å². The van der Waals surface area contributed by atoms with Gasteiger partial charge in [0.05, 0.1) is 19.8 Å². The van der Waals surface area contributed by atoms with Gasteiger partial charge in [-0.05, 0) is 45.9 Å². The van der Waals surface area contributed by atoms with Gasteiger partial charge in [-0.2, -0.15) is 0 Å². The van der Waals surface area contributed by atoms with Crippen molar-refractivity contribution in [2.45, 2.75) is 34.2 Å². The summed E-state index contributed by atoms with van der Waals surface area (Å²) in [5.74, 6) is 1.10. The highest BCUT2D eigenvalue weighted by atomic mass is 16.6. The zero-order valence-electron chi connectivity index (χ0n) is 14.5. The lowest BCUT2D eigenvalue weighted by molar-refractivity contribution is 0.0748. The van der Waals surface area contributed by atoms with E-state index in [9.17, 15) is 4.79 Å². The van der Waals surface area contributed by atoms with Crippen molar-refractivity contribution in [2.24, 2.45) is 0 Å². The van der Waals surface area contributed by atoms with Crippen molar-refractivity contribution in [2.75, 3.05) is 19.8 Å². The molecule has 0 fully saturated rings. The molecule has 2 rings (SSSR count). The number of amides is 1. The highest BCUT2D eigenvalue weighted by Gasteiger charge is 2.19. The molecule has 24 heavy (non-hydrogen) atoms. The maximum atomic E-state index is 12.8. The van der Waals surface area contributed by atoms with Crippen molar-refractivity contribution in [3.63, 3.8) is 0 Å². The number of hydrogen-bond acceptors (Lipinski definition) is 6. The van der Waals surface area contributed by atoms with Crippen molar-refractivity contribution < 1.29 is 18.9 Å². The minimum Gasteiger partial charge on any atom is -0.490 e. The van der Waals surface area contributed by atoms with Gasteiger partial charge in [0, 0.05) is 12.1 Å². The molecule has 0 aliphatic heterocycles. The summed E-state index contributed by atoms with van der Waals surface area (Å²) in [6.07, 6.45) is 0. The number of carbonyl (C=O) groups is 1. The molecule has 130 valence electrons. The first-order chi connectivity index (χ1) is 11.6. The molecule has 0 bridgehead atoms. The Morgan fingerprint density at radius 3 is 2.42 bits per heavy atom. The van der Waals surface area contributed by atoms with E-state index >= 15 is 0 Å². The van der Waals surface area contributed by atoms with E-state index in [-0.39, 0.29) is 5.91 Å². The van der Waals surface area contributed by atoms with E-state index in [1.54, 1.807) is 30.0 Å². The summed E-state index contributed by atoms with van der Waals surface area (Å²) in [5, 5.41) is 7.59. The molecule has 0 saturated heterocycles. The van der Waals surface area contributed by atoms with Crippen molar-refractivity contribution in [1.29, 1.82) is 0 Å². The van der Waals surface area contributed by atoms with Crippen LogP contribution in [0, 0.1) is 6.92 Å². The fourth-order valence-electron chi connectivity index (χ4n) is 2.27. The van der Waals surface area contributed by atoms with Gasteiger partial charge in [-0.25, -0.2) is 4.63 Å². The Labute approximate surface area is 141 Å².